The number of amides is 1. The Kier molecular flexibility index (Phi) is 6.64. The summed E-state index contributed by atoms with van der Waals surface area (Å²) in [4.78, 5) is 18.2. The highest BCUT2D eigenvalue weighted by atomic mass is 79.9. The number of aliphatic hydroxyl groups is 1. The minimum atomic E-state index is -0.212. The Morgan fingerprint density at radius 1 is 1.62 bits per heavy atom. The second-order valence-corrected chi connectivity index (χ2v) is 5.39. The molecule has 1 rings (SSSR count). The highest BCUT2D eigenvalue weighted by molar-refractivity contribution is 9.12. The predicted octanol–water partition coefficient (Wildman–Crippen LogP) is 1.20. The van der Waals surface area contributed by atoms with Gasteiger partial charge in [-0.2, -0.15) is 0 Å². The number of amidine groups is 1. The summed E-state index contributed by atoms with van der Waals surface area (Å²) in [6, 6.07) is 0. The number of aliphatic imine (C=N–C) groups is 1. The fourth-order valence-electron chi connectivity index (χ4n) is 1.84. The molecule has 0 saturated carbocycles. The molecule has 1 heterocycles. The Bertz CT molecular complexity index is 519. The van der Waals surface area contributed by atoms with E-state index in [2.05, 4.69) is 32.8 Å². The van der Waals surface area contributed by atoms with Crippen LogP contribution in [0.4, 0.5) is 0 Å². The van der Waals surface area contributed by atoms with Crippen molar-refractivity contribution >= 4 is 27.7 Å². The lowest BCUT2D eigenvalue weighted by Crippen LogP contribution is -2.42. The Morgan fingerprint density at radius 2 is 2.29 bits per heavy atom. The Morgan fingerprint density at radius 3 is 2.81 bits per heavy atom. The van der Waals surface area contributed by atoms with Crippen LogP contribution in [-0.4, -0.2) is 41.4 Å². The van der Waals surface area contributed by atoms with E-state index in [1.54, 1.807) is 13.0 Å². The molecule has 116 valence electrons. The van der Waals surface area contributed by atoms with Gasteiger partial charge in [0.15, 0.2) is 0 Å². The van der Waals surface area contributed by atoms with Crippen molar-refractivity contribution in [2.24, 2.45) is 10.7 Å². The maximum absolute atomic E-state index is 12.3. The molecule has 0 radical (unpaired) electrons. The van der Waals surface area contributed by atoms with Crippen LogP contribution in [0.5, 0.6) is 0 Å². The maximum atomic E-state index is 12.3. The molecule has 0 fully saturated rings. The number of hydrogen-bond donors (Lipinski definition) is 3. The van der Waals surface area contributed by atoms with Gasteiger partial charge in [-0.3, -0.25) is 9.69 Å². The normalized spacial score (nSPS) is 19.6. The van der Waals surface area contributed by atoms with Crippen molar-refractivity contribution in [3.8, 4) is 0 Å². The van der Waals surface area contributed by atoms with Gasteiger partial charge >= 0.3 is 0 Å². The van der Waals surface area contributed by atoms with Crippen LogP contribution in [-0.2, 0) is 4.79 Å². The van der Waals surface area contributed by atoms with Gasteiger partial charge < -0.3 is 16.2 Å². The number of nitrogens with two attached hydrogens (primary N) is 1. The van der Waals surface area contributed by atoms with Crippen LogP contribution in [0.2, 0.25) is 0 Å². The quantitative estimate of drug-likeness (QED) is 0.666. The summed E-state index contributed by atoms with van der Waals surface area (Å²) >= 11 is 3.24. The highest BCUT2D eigenvalue weighted by Crippen LogP contribution is 2.24. The molecule has 0 aliphatic carbocycles. The number of hydrogen-bond acceptors (Lipinski definition) is 5. The highest BCUT2D eigenvalue weighted by Gasteiger charge is 2.29. The number of nitrogens with zero attached hydrogens (tertiary/aromatic N) is 2. The van der Waals surface area contributed by atoms with E-state index in [-0.39, 0.29) is 12.5 Å². The van der Waals surface area contributed by atoms with Gasteiger partial charge in [0.2, 0.25) is 0 Å². The van der Waals surface area contributed by atoms with E-state index < -0.39 is 0 Å². The lowest BCUT2D eigenvalue weighted by molar-refractivity contribution is -0.122. The molecule has 1 aliphatic rings. The molecular weight excluding hydrogens is 336 g/mol. The van der Waals surface area contributed by atoms with E-state index in [4.69, 9.17) is 10.8 Å². The van der Waals surface area contributed by atoms with Crippen LogP contribution in [0.3, 0.4) is 0 Å². The summed E-state index contributed by atoms with van der Waals surface area (Å²) < 4.78 is 0.410. The van der Waals surface area contributed by atoms with Crippen molar-refractivity contribution in [3.05, 3.63) is 34.2 Å². The molecule has 0 aromatic carbocycles. The predicted molar refractivity (Wildman–Crippen MR) is 87.6 cm³/mol. The molecule has 0 saturated heterocycles. The summed E-state index contributed by atoms with van der Waals surface area (Å²) in [5, 5.41) is 12.0. The van der Waals surface area contributed by atoms with Crippen LogP contribution in [0.25, 0.3) is 0 Å². The molecule has 0 spiro atoms. The Balaban J connectivity index is 3.29. The molecule has 4 N–H and O–H groups in total. The van der Waals surface area contributed by atoms with Crippen LogP contribution in [0.1, 0.15) is 20.3 Å². The van der Waals surface area contributed by atoms with E-state index in [1.165, 1.54) is 4.90 Å². The standard InChI is InChI=1S/C14H21BrN4O2/c1-4-17-10(3)18-13-11(9(2)16)8-12(15)14(21)19(13)6-5-7-20/h8,17,20H,3-7,16H2,1-2H3/b11-9-,18-13+. The second kappa shape index (κ2) is 7.99. The van der Waals surface area contributed by atoms with Gasteiger partial charge in [0, 0.05) is 31.0 Å². The molecule has 0 aromatic heterocycles. The number of allylic oxidation sites excluding steroid dienone is 1. The zero-order valence-corrected chi connectivity index (χ0v) is 13.9. The van der Waals surface area contributed by atoms with E-state index in [0.29, 0.717) is 46.9 Å². The van der Waals surface area contributed by atoms with Gasteiger partial charge in [-0.15, -0.1) is 0 Å². The first-order valence-corrected chi connectivity index (χ1v) is 7.49. The van der Waals surface area contributed by atoms with Crippen molar-refractivity contribution < 1.29 is 9.90 Å². The lowest BCUT2D eigenvalue weighted by Gasteiger charge is -2.29. The molecule has 21 heavy (non-hydrogen) atoms. The van der Waals surface area contributed by atoms with Crippen LogP contribution < -0.4 is 11.1 Å². The van der Waals surface area contributed by atoms with E-state index in [1.807, 2.05) is 6.92 Å². The third-order valence-corrected chi connectivity index (χ3v) is 3.37. The lowest BCUT2D eigenvalue weighted by atomic mass is 10.1. The van der Waals surface area contributed by atoms with Crippen molar-refractivity contribution in [2.45, 2.75) is 20.3 Å². The third-order valence-electron chi connectivity index (χ3n) is 2.80. The topological polar surface area (TPSA) is 91.0 Å². The van der Waals surface area contributed by atoms with Gasteiger partial charge in [-0.1, -0.05) is 6.58 Å². The molecule has 0 unspecified atom stereocenters. The monoisotopic (exact) mass is 356 g/mol. The number of halogens is 1. The average molecular weight is 357 g/mol. The number of aliphatic hydroxyl groups excluding tert-OH is 1. The number of carbonyl (C=O) groups is 1. The maximum Gasteiger partial charge on any atom is 0.266 e. The minimum absolute atomic E-state index is 0.00674. The zero-order chi connectivity index (χ0) is 16.0. The van der Waals surface area contributed by atoms with Crippen molar-refractivity contribution in [3.63, 3.8) is 0 Å². The van der Waals surface area contributed by atoms with Crippen LogP contribution >= 0.6 is 15.9 Å². The molecule has 0 aromatic rings. The van der Waals surface area contributed by atoms with Crippen LogP contribution in [0, 0.1) is 0 Å². The fraction of sp³-hybridized carbons (Fsp3) is 0.429. The van der Waals surface area contributed by atoms with Crippen molar-refractivity contribution in [2.75, 3.05) is 19.7 Å². The van der Waals surface area contributed by atoms with Gasteiger partial charge in [0.1, 0.15) is 11.7 Å². The average Bonchev–Trinajstić information content (AvgIpc) is 2.42. The Hall–Kier alpha value is -1.60. The van der Waals surface area contributed by atoms with E-state index in [9.17, 15) is 4.79 Å². The molecule has 6 nitrogen and oxygen atoms in total. The van der Waals surface area contributed by atoms with Gasteiger partial charge in [0.05, 0.1) is 4.48 Å². The largest absolute Gasteiger partial charge is 0.402 e. The summed E-state index contributed by atoms with van der Waals surface area (Å²) in [7, 11) is 0. The first-order valence-electron chi connectivity index (χ1n) is 6.70. The fourth-order valence-corrected chi connectivity index (χ4v) is 2.28. The molecule has 0 atom stereocenters. The Labute approximate surface area is 133 Å². The first-order chi connectivity index (χ1) is 9.92. The minimum Gasteiger partial charge on any atom is -0.402 e. The van der Waals surface area contributed by atoms with Gasteiger partial charge in [-0.25, -0.2) is 4.99 Å². The number of carbonyl (C=O) groups excluding carboxylic acids is 1. The summed E-state index contributed by atoms with van der Waals surface area (Å²) in [5.41, 5.74) is 7.12. The second-order valence-electron chi connectivity index (χ2n) is 4.54. The third kappa shape index (κ3) is 4.44. The molecular formula is C14H21BrN4O2. The molecule has 7 heteroatoms. The number of rotatable bonds is 6. The first kappa shape index (κ1) is 17.5. The van der Waals surface area contributed by atoms with Crippen LogP contribution in [0.15, 0.2) is 39.2 Å². The van der Waals surface area contributed by atoms with Gasteiger partial charge in [0.25, 0.3) is 5.91 Å². The van der Waals surface area contributed by atoms with Crippen molar-refractivity contribution in [1.82, 2.24) is 10.2 Å². The van der Waals surface area contributed by atoms with Gasteiger partial charge in [-0.05, 0) is 42.3 Å². The summed E-state index contributed by atoms with van der Waals surface area (Å²) in [5.74, 6) is 0.693. The summed E-state index contributed by atoms with van der Waals surface area (Å²) in [6.07, 6.45) is 2.11. The molecule has 1 amide bonds. The summed E-state index contributed by atoms with van der Waals surface area (Å²) in [6.45, 7) is 8.52. The van der Waals surface area contributed by atoms with E-state index >= 15 is 0 Å². The molecule has 0 bridgehead atoms. The smallest absolute Gasteiger partial charge is 0.266 e. The molecule has 1 aliphatic heterocycles. The number of nitrogens with one attached hydrogen (secondary N) is 1. The SMILES string of the molecule is C=C(/N=C1\C(=C(\C)N)C=C(Br)C(=O)N1CCCO)NCC. The van der Waals surface area contributed by atoms with E-state index in [0.717, 1.165) is 0 Å². The zero-order valence-electron chi connectivity index (χ0n) is 12.3. The van der Waals surface area contributed by atoms with Crippen molar-refractivity contribution in [1.29, 1.82) is 0 Å².